The fourth-order valence-electron chi connectivity index (χ4n) is 3.19. The van der Waals surface area contributed by atoms with E-state index < -0.39 is 0 Å². The lowest BCUT2D eigenvalue weighted by Gasteiger charge is -2.21. The Labute approximate surface area is 149 Å². The molecule has 1 aliphatic rings. The molecule has 2 aromatic carbocycles. The number of carbonyl (C=O) groups is 1. The number of aryl methyl sites for hydroxylation is 2. The molecule has 0 radical (unpaired) electrons. The van der Waals surface area contributed by atoms with Crippen LogP contribution in [0.25, 0.3) is 22.5 Å². The van der Waals surface area contributed by atoms with Gasteiger partial charge in [0, 0.05) is 18.1 Å². The molecule has 5 nitrogen and oxygen atoms in total. The van der Waals surface area contributed by atoms with Gasteiger partial charge in [-0.25, -0.2) is 14.4 Å². The molecule has 6 heteroatoms. The number of hydrogen-bond acceptors (Lipinski definition) is 4. The van der Waals surface area contributed by atoms with E-state index in [-0.39, 0.29) is 17.5 Å². The van der Waals surface area contributed by atoms with E-state index in [0.717, 1.165) is 22.4 Å². The molecule has 1 amide bonds. The number of aromatic nitrogens is 2. The van der Waals surface area contributed by atoms with Gasteiger partial charge >= 0.3 is 0 Å². The summed E-state index contributed by atoms with van der Waals surface area (Å²) in [5.41, 5.74) is 4.45. The highest BCUT2D eigenvalue weighted by Crippen LogP contribution is 2.36. The van der Waals surface area contributed by atoms with E-state index in [1.54, 1.807) is 30.3 Å². The van der Waals surface area contributed by atoms with Crippen molar-refractivity contribution in [2.24, 2.45) is 0 Å². The molecule has 26 heavy (non-hydrogen) atoms. The van der Waals surface area contributed by atoms with Crippen LogP contribution in [0.1, 0.15) is 18.2 Å². The van der Waals surface area contributed by atoms with Gasteiger partial charge in [-0.05, 0) is 60.9 Å². The van der Waals surface area contributed by atoms with Gasteiger partial charge in [-0.3, -0.25) is 4.79 Å². The number of anilines is 1. The summed E-state index contributed by atoms with van der Waals surface area (Å²) in [6.45, 7) is 1.42. The fourth-order valence-corrected chi connectivity index (χ4v) is 3.19. The maximum atomic E-state index is 13.6. The molecule has 0 unspecified atom stereocenters. The van der Waals surface area contributed by atoms with E-state index in [9.17, 15) is 14.3 Å². The third-order valence-corrected chi connectivity index (χ3v) is 4.36. The molecular formula is C20H16FN3O2. The Morgan fingerprint density at radius 3 is 2.58 bits per heavy atom. The minimum atomic E-state index is -0.270. The summed E-state index contributed by atoms with van der Waals surface area (Å²) in [5, 5.41) is 12.3. The first-order valence-electron chi connectivity index (χ1n) is 8.28. The van der Waals surface area contributed by atoms with Crippen molar-refractivity contribution in [2.75, 3.05) is 5.32 Å². The second kappa shape index (κ2) is 6.22. The summed E-state index contributed by atoms with van der Waals surface area (Å²) in [7, 11) is 0. The Morgan fingerprint density at radius 2 is 1.85 bits per heavy atom. The molecule has 0 atom stereocenters. The number of nitrogens with one attached hydrogen (secondary N) is 1. The first-order chi connectivity index (χ1) is 12.5. The zero-order valence-electron chi connectivity index (χ0n) is 14.1. The number of phenolic OH excluding ortho intramolecular Hbond substituents is 1. The van der Waals surface area contributed by atoms with E-state index in [2.05, 4.69) is 10.3 Å². The van der Waals surface area contributed by atoms with Gasteiger partial charge in [0.15, 0.2) is 5.82 Å². The van der Waals surface area contributed by atoms with Crippen LogP contribution in [0.4, 0.5) is 10.2 Å². The first-order valence-corrected chi connectivity index (χ1v) is 8.28. The average molecular weight is 349 g/mol. The van der Waals surface area contributed by atoms with Crippen molar-refractivity contribution in [3.63, 3.8) is 0 Å². The van der Waals surface area contributed by atoms with Crippen LogP contribution in [-0.2, 0) is 17.6 Å². The number of hydrogen-bond donors (Lipinski definition) is 2. The van der Waals surface area contributed by atoms with Crippen LogP contribution < -0.4 is 5.32 Å². The summed E-state index contributed by atoms with van der Waals surface area (Å²) in [6.07, 6.45) is 1.30. The summed E-state index contributed by atoms with van der Waals surface area (Å²) in [4.78, 5) is 21.0. The Hall–Kier alpha value is -3.28. The van der Waals surface area contributed by atoms with E-state index >= 15 is 0 Å². The largest absolute Gasteiger partial charge is 0.508 e. The van der Waals surface area contributed by atoms with Crippen LogP contribution in [-0.4, -0.2) is 21.0 Å². The number of amides is 1. The highest BCUT2D eigenvalue weighted by Gasteiger charge is 2.23. The van der Waals surface area contributed by atoms with Gasteiger partial charge in [0.1, 0.15) is 17.3 Å². The van der Waals surface area contributed by atoms with Gasteiger partial charge in [-0.1, -0.05) is 0 Å². The van der Waals surface area contributed by atoms with Crippen molar-refractivity contribution in [1.82, 2.24) is 9.97 Å². The lowest BCUT2D eigenvalue weighted by molar-refractivity contribution is -0.114. The number of nitrogens with zero attached hydrogens (tertiary/aromatic N) is 2. The van der Waals surface area contributed by atoms with Gasteiger partial charge in [0.05, 0.1) is 11.4 Å². The molecule has 0 aliphatic heterocycles. The smallest absolute Gasteiger partial charge is 0.222 e. The number of carbonyl (C=O) groups excluding carboxylic acids is 1. The zero-order chi connectivity index (χ0) is 18.3. The molecule has 0 saturated carbocycles. The van der Waals surface area contributed by atoms with Gasteiger partial charge in [-0.15, -0.1) is 0 Å². The molecule has 0 spiro atoms. The van der Waals surface area contributed by atoms with E-state index in [1.807, 2.05) is 0 Å². The fraction of sp³-hybridized carbons (Fsp3) is 0.150. The molecule has 0 fully saturated rings. The van der Waals surface area contributed by atoms with Gasteiger partial charge in [0.25, 0.3) is 0 Å². The standard InChI is InChI=1S/C20H16FN3O2/c1-11(25)22-20-18(12-2-6-15(26)7-3-12)24-19-16-8-5-14(21)10-13(16)4-9-17(19)23-20/h2-3,5-8,10,26H,4,9H2,1H3,(H,22,23,25). The maximum absolute atomic E-state index is 13.6. The topological polar surface area (TPSA) is 75.1 Å². The lowest BCUT2D eigenvalue weighted by Crippen LogP contribution is -2.15. The van der Waals surface area contributed by atoms with Gasteiger partial charge < -0.3 is 10.4 Å². The van der Waals surface area contributed by atoms with E-state index in [4.69, 9.17) is 4.98 Å². The second-order valence-electron chi connectivity index (χ2n) is 6.25. The van der Waals surface area contributed by atoms with Crippen molar-refractivity contribution in [3.05, 3.63) is 59.5 Å². The minimum Gasteiger partial charge on any atom is -0.508 e. The SMILES string of the molecule is CC(=O)Nc1nc2c(nc1-c1ccc(O)cc1)-c1ccc(F)cc1CC2. The predicted molar refractivity (Wildman–Crippen MR) is 96.2 cm³/mol. The monoisotopic (exact) mass is 349 g/mol. The Balaban J connectivity index is 1.92. The van der Waals surface area contributed by atoms with Crippen LogP contribution in [0.2, 0.25) is 0 Å². The molecule has 1 aromatic heterocycles. The van der Waals surface area contributed by atoms with Gasteiger partial charge in [-0.2, -0.15) is 0 Å². The molecule has 1 heterocycles. The molecule has 0 saturated heterocycles. The molecule has 1 aliphatic carbocycles. The second-order valence-corrected chi connectivity index (χ2v) is 6.25. The number of phenols is 1. The highest BCUT2D eigenvalue weighted by atomic mass is 19.1. The van der Waals surface area contributed by atoms with Crippen LogP contribution in [0, 0.1) is 5.82 Å². The summed E-state index contributed by atoms with van der Waals surface area (Å²) < 4.78 is 13.6. The molecule has 130 valence electrons. The first kappa shape index (κ1) is 16.2. The summed E-state index contributed by atoms with van der Waals surface area (Å²) in [5.74, 6) is 0.0143. The Morgan fingerprint density at radius 1 is 1.08 bits per heavy atom. The molecule has 2 N–H and O–H groups in total. The van der Waals surface area contributed by atoms with E-state index in [0.29, 0.717) is 30.0 Å². The number of aromatic hydroxyl groups is 1. The van der Waals surface area contributed by atoms with Crippen molar-refractivity contribution in [2.45, 2.75) is 19.8 Å². The minimum absolute atomic E-state index is 0.140. The molecule has 0 bridgehead atoms. The average Bonchev–Trinajstić information content (AvgIpc) is 2.61. The molecular weight excluding hydrogens is 333 g/mol. The Bertz CT molecular complexity index is 1020. The normalized spacial score (nSPS) is 12.2. The van der Waals surface area contributed by atoms with Crippen molar-refractivity contribution < 1.29 is 14.3 Å². The quantitative estimate of drug-likeness (QED) is 0.739. The van der Waals surface area contributed by atoms with Crippen molar-refractivity contribution in [3.8, 4) is 28.3 Å². The third-order valence-electron chi connectivity index (χ3n) is 4.36. The molecule has 4 rings (SSSR count). The lowest BCUT2D eigenvalue weighted by atomic mass is 9.91. The number of fused-ring (bicyclic) bond motifs is 3. The molecule has 3 aromatic rings. The van der Waals surface area contributed by atoms with Crippen LogP contribution >= 0.6 is 0 Å². The Kier molecular flexibility index (Phi) is 3.88. The highest BCUT2D eigenvalue weighted by molar-refractivity contribution is 5.92. The number of benzene rings is 2. The van der Waals surface area contributed by atoms with Crippen LogP contribution in [0.3, 0.4) is 0 Å². The van der Waals surface area contributed by atoms with Crippen LogP contribution in [0.15, 0.2) is 42.5 Å². The number of rotatable bonds is 2. The maximum Gasteiger partial charge on any atom is 0.222 e. The van der Waals surface area contributed by atoms with Crippen molar-refractivity contribution in [1.29, 1.82) is 0 Å². The summed E-state index contributed by atoms with van der Waals surface area (Å²) in [6, 6.07) is 11.2. The zero-order valence-corrected chi connectivity index (χ0v) is 14.1. The summed E-state index contributed by atoms with van der Waals surface area (Å²) >= 11 is 0. The third kappa shape index (κ3) is 2.90. The van der Waals surface area contributed by atoms with Crippen LogP contribution in [0.5, 0.6) is 5.75 Å². The van der Waals surface area contributed by atoms with Crippen molar-refractivity contribution >= 4 is 11.7 Å². The van der Waals surface area contributed by atoms with Gasteiger partial charge in [0.2, 0.25) is 5.91 Å². The number of halogens is 1. The van der Waals surface area contributed by atoms with E-state index in [1.165, 1.54) is 19.1 Å². The predicted octanol–water partition coefficient (Wildman–Crippen LogP) is 3.71.